The summed E-state index contributed by atoms with van der Waals surface area (Å²) in [7, 11) is 0. The van der Waals surface area contributed by atoms with Crippen LogP contribution in [0, 0.1) is 5.41 Å². The van der Waals surface area contributed by atoms with Crippen molar-refractivity contribution in [3.63, 3.8) is 0 Å². The lowest BCUT2D eigenvalue weighted by Gasteiger charge is -2.34. The van der Waals surface area contributed by atoms with E-state index in [4.69, 9.17) is 10.7 Å². The minimum atomic E-state index is 0.0488. The number of halogens is 1. The van der Waals surface area contributed by atoms with E-state index in [0.717, 1.165) is 40.0 Å². The molecule has 3 nitrogen and oxygen atoms in total. The zero-order valence-corrected chi connectivity index (χ0v) is 13.3. The Morgan fingerprint density at radius 3 is 2.65 bits per heavy atom. The van der Waals surface area contributed by atoms with Crippen LogP contribution in [0.4, 0.5) is 0 Å². The maximum Gasteiger partial charge on any atom is 0.159 e. The van der Waals surface area contributed by atoms with E-state index in [1.54, 1.807) is 0 Å². The molecule has 0 aliphatic heterocycles. The van der Waals surface area contributed by atoms with Gasteiger partial charge in [-0.05, 0) is 30.4 Å². The third kappa shape index (κ3) is 2.63. The summed E-state index contributed by atoms with van der Waals surface area (Å²) in [4.78, 5) is 9.24. The highest BCUT2D eigenvalue weighted by Gasteiger charge is 2.31. The minimum absolute atomic E-state index is 0.0488. The SMILES string of the molecule is CC1(C)Cc2nc(-c3ccc(Br)cc3)ncc2C(N)C1. The molecule has 2 aromatic rings. The molecule has 0 radical (unpaired) electrons. The third-order valence-corrected chi connectivity index (χ3v) is 4.35. The van der Waals surface area contributed by atoms with Gasteiger partial charge < -0.3 is 5.73 Å². The summed E-state index contributed by atoms with van der Waals surface area (Å²) in [5.74, 6) is 0.779. The van der Waals surface area contributed by atoms with Gasteiger partial charge in [0.2, 0.25) is 0 Å². The Morgan fingerprint density at radius 2 is 1.95 bits per heavy atom. The standard InChI is InChI=1S/C16H18BrN3/c1-16(2)7-13(18)12-9-19-15(20-14(12)8-16)10-3-5-11(17)6-4-10/h3-6,9,13H,7-8,18H2,1-2H3. The second-order valence-electron chi connectivity index (χ2n) is 6.25. The fourth-order valence-electron chi connectivity index (χ4n) is 2.85. The molecule has 3 rings (SSSR count). The molecule has 1 aromatic carbocycles. The van der Waals surface area contributed by atoms with Crippen LogP contribution >= 0.6 is 15.9 Å². The molecule has 0 amide bonds. The molecule has 1 aliphatic rings. The zero-order chi connectivity index (χ0) is 14.3. The molecule has 4 heteroatoms. The number of aromatic nitrogens is 2. The van der Waals surface area contributed by atoms with E-state index in [9.17, 15) is 0 Å². The van der Waals surface area contributed by atoms with Gasteiger partial charge in [0, 0.05) is 33.5 Å². The summed E-state index contributed by atoms with van der Waals surface area (Å²) in [6, 6.07) is 8.12. The van der Waals surface area contributed by atoms with Gasteiger partial charge in [-0.1, -0.05) is 41.9 Å². The van der Waals surface area contributed by atoms with Crippen LogP contribution in [-0.2, 0) is 6.42 Å². The van der Waals surface area contributed by atoms with Crippen LogP contribution in [-0.4, -0.2) is 9.97 Å². The monoisotopic (exact) mass is 331 g/mol. The Bertz CT molecular complexity index is 635. The van der Waals surface area contributed by atoms with Crippen LogP contribution in [0.1, 0.15) is 37.6 Å². The highest BCUT2D eigenvalue weighted by molar-refractivity contribution is 9.10. The molecule has 0 bridgehead atoms. The lowest BCUT2D eigenvalue weighted by atomic mass is 9.74. The smallest absolute Gasteiger partial charge is 0.159 e. The van der Waals surface area contributed by atoms with Crippen LogP contribution in [0.5, 0.6) is 0 Å². The average molecular weight is 332 g/mol. The Morgan fingerprint density at radius 1 is 1.25 bits per heavy atom. The van der Waals surface area contributed by atoms with Crippen molar-refractivity contribution in [1.29, 1.82) is 0 Å². The van der Waals surface area contributed by atoms with Gasteiger partial charge in [0.15, 0.2) is 5.82 Å². The lowest BCUT2D eigenvalue weighted by molar-refractivity contribution is 0.278. The number of rotatable bonds is 1. The lowest BCUT2D eigenvalue weighted by Crippen LogP contribution is -2.30. The van der Waals surface area contributed by atoms with E-state index >= 15 is 0 Å². The fraction of sp³-hybridized carbons (Fsp3) is 0.375. The fourth-order valence-corrected chi connectivity index (χ4v) is 3.11. The van der Waals surface area contributed by atoms with Crippen molar-refractivity contribution in [3.05, 3.63) is 46.2 Å². The van der Waals surface area contributed by atoms with E-state index in [-0.39, 0.29) is 11.5 Å². The number of nitrogens with two attached hydrogens (primary N) is 1. The minimum Gasteiger partial charge on any atom is -0.324 e. The summed E-state index contributed by atoms with van der Waals surface area (Å²) in [5.41, 5.74) is 9.69. The molecule has 0 spiro atoms. The summed E-state index contributed by atoms with van der Waals surface area (Å²) in [5, 5.41) is 0. The molecule has 1 aromatic heterocycles. The first kappa shape index (κ1) is 13.7. The summed E-state index contributed by atoms with van der Waals surface area (Å²) in [6.07, 6.45) is 3.85. The van der Waals surface area contributed by atoms with Gasteiger partial charge in [-0.3, -0.25) is 0 Å². The number of hydrogen-bond donors (Lipinski definition) is 1. The predicted octanol–water partition coefficient (Wildman–Crippen LogP) is 3.88. The van der Waals surface area contributed by atoms with Crippen molar-refractivity contribution in [2.45, 2.75) is 32.7 Å². The van der Waals surface area contributed by atoms with Crippen LogP contribution in [0.2, 0.25) is 0 Å². The largest absolute Gasteiger partial charge is 0.324 e. The molecule has 0 fully saturated rings. The normalized spacial score (nSPS) is 20.5. The molecule has 1 atom stereocenters. The Labute approximate surface area is 127 Å². The van der Waals surface area contributed by atoms with Gasteiger partial charge in [-0.25, -0.2) is 9.97 Å². The predicted molar refractivity (Wildman–Crippen MR) is 84.2 cm³/mol. The van der Waals surface area contributed by atoms with Gasteiger partial charge in [-0.2, -0.15) is 0 Å². The average Bonchev–Trinajstić information content (AvgIpc) is 2.37. The molecule has 1 heterocycles. The van der Waals surface area contributed by atoms with Crippen molar-refractivity contribution in [1.82, 2.24) is 9.97 Å². The van der Waals surface area contributed by atoms with E-state index in [1.165, 1.54) is 0 Å². The number of nitrogens with zero attached hydrogens (tertiary/aromatic N) is 2. The van der Waals surface area contributed by atoms with Gasteiger partial charge in [0.05, 0.1) is 0 Å². The molecule has 1 unspecified atom stereocenters. The van der Waals surface area contributed by atoms with E-state index in [1.807, 2.05) is 30.5 Å². The van der Waals surface area contributed by atoms with E-state index in [0.29, 0.717) is 0 Å². The Hall–Kier alpha value is -1.26. The van der Waals surface area contributed by atoms with E-state index < -0.39 is 0 Å². The van der Waals surface area contributed by atoms with Crippen molar-refractivity contribution in [2.24, 2.45) is 11.1 Å². The quantitative estimate of drug-likeness (QED) is 0.862. The summed E-state index contributed by atoms with van der Waals surface area (Å²) in [6.45, 7) is 4.49. The van der Waals surface area contributed by atoms with Crippen molar-refractivity contribution < 1.29 is 0 Å². The van der Waals surface area contributed by atoms with Crippen molar-refractivity contribution >= 4 is 15.9 Å². The topological polar surface area (TPSA) is 51.8 Å². The number of hydrogen-bond acceptors (Lipinski definition) is 3. The Balaban J connectivity index is 2.02. The summed E-state index contributed by atoms with van der Waals surface area (Å²) >= 11 is 3.44. The van der Waals surface area contributed by atoms with Gasteiger partial charge in [0.1, 0.15) is 0 Å². The van der Waals surface area contributed by atoms with Crippen molar-refractivity contribution in [2.75, 3.05) is 0 Å². The highest BCUT2D eigenvalue weighted by atomic mass is 79.9. The molecule has 0 saturated heterocycles. The van der Waals surface area contributed by atoms with Gasteiger partial charge in [-0.15, -0.1) is 0 Å². The Kier molecular flexibility index (Phi) is 3.38. The van der Waals surface area contributed by atoms with Gasteiger partial charge >= 0.3 is 0 Å². The number of fused-ring (bicyclic) bond motifs is 1. The summed E-state index contributed by atoms with van der Waals surface area (Å²) < 4.78 is 1.06. The number of benzene rings is 1. The van der Waals surface area contributed by atoms with Crippen LogP contribution in [0.25, 0.3) is 11.4 Å². The first-order valence-electron chi connectivity index (χ1n) is 6.82. The maximum absolute atomic E-state index is 6.24. The first-order valence-corrected chi connectivity index (χ1v) is 7.61. The van der Waals surface area contributed by atoms with Crippen LogP contribution < -0.4 is 5.73 Å². The molecule has 104 valence electrons. The zero-order valence-electron chi connectivity index (χ0n) is 11.7. The molecule has 1 aliphatic carbocycles. The molecular formula is C16H18BrN3. The van der Waals surface area contributed by atoms with Crippen LogP contribution in [0.3, 0.4) is 0 Å². The second kappa shape index (κ2) is 4.93. The second-order valence-corrected chi connectivity index (χ2v) is 7.17. The van der Waals surface area contributed by atoms with Gasteiger partial charge in [0.25, 0.3) is 0 Å². The first-order chi connectivity index (χ1) is 9.44. The molecule has 2 N–H and O–H groups in total. The van der Waals surface area contributed by atoms with Crippen LogP contribution in [0.15, 0.2) is 34.9 Å². The highest BCUT2D eigenvalue weighted by Crippen LogP contribution is 2.38. The molecule has 0 saturated carbocycles. The van der Waals surface area contributed by atoms with E-state index in [2.05, 4.69) is 34.8 Å². The third-order valence-electron chi connectivity index (χ3n) is 3.82. The molecule has 20 heavy (non-hydrogen) atoms. The maximum atomic E-state index is 6.24. The molecular weight excluding hydrogens is 314 g/mol. The van der Waals surface area contributed by atoms with Crippen molar-refractivity contribution in [3.8, 4) is 11.4 Å².